The third kappa shape index (κ3) is 3.28. The second-order valence-corrected chi connectivity index (χ2v) is 4.22. The van der Waals surface area contributed by atoms with E-state index >= 15 is 0 Å². The molecule has 1 unspecified atom stereocenters. The Hall–Kier alpha value is -2.43. The van der Waals surface area contributed by atoms with Gasteiger partial charge >= 0.3 is 0 Å². The number of hydrogen-bond acceptors (Lipinski definition) is 3. The molecule has 19 heavy (non-hydrogen) atoms. The summed E-state index contributed by atoms with van der Waals surface area (Å²) in [6.07, 6.45) is 1.42. The van der Waals surface area contributed by atoms with Gasteiger partial charge in [0.2, 0.25) is 0 Å². The van der Waals surface area contributed by atoms with Gasteiger partial charge in [-0.1, -0.05) is 12.1 Å². The van der Waals surface area contributed by atoms with Crippen LogP contribution in [0.5, 0.6) is 0 Å². The van der Waals surface area contributed by atoms with Crippen molar-refractivity contribution in [2.45, 2.75) is 13.0 Å². The molecule has 4 nitrogen and oxygen atoms in total. The van der Waals surface area contributed by atoms with Crippen molar-refractivity contribution in [1.29, 1.82) is 0 Å². The number of benzene rings is 1. The number of rotatable bonds is 3. The van der Waals surface area contributed by atoms with E-state index in [-0.39, 0.29) is 17.8 Å². The van der Waals surface area contributed by atoms with E-state index in [1.807, 2.05) is 6.92 Å². The second-order valence-electron chi connectivity index (χ2n) is 4.22. The molecule has 2 rings (SSSR count). The van der Waals surface area contributed by atoms with E-state index in [9.17, 15) is 9.18 Å². The van der Waals surface area contributed by atoms with E-state index < -0.39 is 0 Å². The van der Waals surface area contributed by atoms with Gasteiger partial charge in [0.15, 0.2) is 0 Å². The number of anilines is 1. The predicted octanol–water partition coefficient (Wildman–Crippen LogP) is 2.29. The van der Waals surface area contributed by atoms with E-state index in [4.69, 9.17) is 5.73 Å². The highest BCUT2D eigenvalue weighted by Gasteiger charge is 2.11. The van der Waals surface area contributed by atoms with Crippen LogP contribution in [0.3, 0.4) is 0 Å². The van der Waals surface area contributed by atoms with Gasteiger partial charge in [-0.3, -0.25) is 4.79 Å². The topological polar surface area (TPSA) is 68.0 Å². The zero-order valence-electron chi connectivity index (χ0n) is 10.4. The second kappa shape index (κ2) is 5.48. The lowest BCUT2D eigenvalue weighted by molar-refractivity contribution is 0.0939. The van der Waals surface area contributed by atoms with E-state index in [1.165, 1.54) is 18.3 Å². The number of nitrogens with two attached hydrogens (primary N) is 1. The molecule has 0 saturated heterocycles. The Balaban J connectivity index is 2.06. The maximum absolute atomic E-state index is 12.8. The number of hydrogen-bond donors (Lipinski definition) is 2. The molecule has 1 atom stereocenters. The number of carbonyl (C=O) groups is 1. The minimum atomic E-state index is -0.301. The van der Waals surface area contributed by atoms with E-state index in [0.717, 1.165) is 5.56 Å². The first kappa shape index (κ1) is 13.0. The van der Waals surface area contributed by atoms with Crippen LogP contribution in [0.15, 0.2) is 42.6 Å². The number of halogens is 1. The van der Waals surface area contributed by atoms with Gasteiger partial charge in [0.25, 0.3) is 5.91 Å². The lowest BCUT2D eigenvalue weighted by Crippen LogP contribution is -2.26. The molecule has 0 spiro atoms. The van der Waals surface area contributed by atoms with E-state index in [2.05, 4.69) is 10.3 Å². The van der Waals surface area contributed by atoms with Gasteiger partial charge in [0, 0.05) is 6.20 Å². The van der Waals surface area contributed by atoms with Crippen molar-refractivity contribution in [3.63, 3.8) is 0 Å². The van der Waals surface area contributed by atoms with E-state index in [0.29, 0.717) is 11.4 Å². The van der Waals surface area contributed by atoms with Crippen LogP contribution in [0.25, 0.3) is 0 Å². The molecule has 1 aromatic heterocycles. The molecule has 0 radical (unpaired) electrons. The fraction of sp³-hybridized carbons (Fsp3) is 0.143. The van der Waals surface area contributed by atoms with Gasteiger partial charge in [-0.2, -0.15) is 0 Å². The molecular weight excluding hydrogens is 245 g/mol. The van der Waals surface area contributed by atoms with Crippen LogP contribution < -0.4 is 11.1 Å². The Bertz CT molecular complexity index is 566. The smallest absolute Gasteiger partial charge is 0.253 e. The number of nitrogen functional groups attached to an aromatic ring is 1. The normalized spacial score (nSPS) is 11.9. The van der Waals surface area contributed by atoms with Crippen molar-refractivity contribution in [3.8, 4) is 0 Å². The summed E-state index contributed by atoms with van der Waals surface area (Å²) in [5.41, 5.74) is 6.72. The third-order valence-electron chi connectivity index (χ3n) is 2.77. The molecular formula is C14H14FN3O. The summed E-state index contributed by atoms with van der Waals surface area (Å²) < 4.78 is 12.8. The van der Waals surface area contributed by atoms with Crippen molar-refractivity contribution in [2.75, 3.05) is 5.73 Å². The molecule has 0 fully saturated rings. The Morgan fingerprint density at radius 1 is 1.26 bits per heavy atom. The summed E-state index contributed by atoms with van der Waals surface area (Å²) in [4.78, 5) is 15.8. The largest absolute Gasteiger partial charge is 0.384 e. The Labute approximate surface area is 110 Å². The van der Waals surface area contributed by atoms with Crippen molar-refractivity contribution < 1.29 is 9.18 Å². The molecule has 3 N–H and O–H groups in total. The molecule has 0 bridgehead atoms. The summed E-state index contributed by atoms with van der Waals surface area (Å²) in [5, 5.41) is 2.81. The highest BCUT2D eigenvalue weighted by molar-refractivity contribution is 5.94. The summed E-state index contributed by atoms with van der Waals surface area (Å²) in [6, 6.07) is 8.96. The molecule has 0 saturated carbocycles. The molecule has 98 valence electrons. The Morgan fingerprint density at radius 2 is 1.95 bits per heavy atom. The van der Waals surface area contributed by atoms with Crippen LogP contribution in [-0.2, 0) is 0 Å². The van der Waals surface area contributed by atoms with Crippen LogP contribution in [-0.4, -0.2) is 10.9 Å². The fourth-order valence-electron chi connectivity index (χ4n) is 1.65. The molecule has 5 heteroatoms. The average Bonchev–Trinajstić information content (AvgIpc) is 2.40. The maximum Gasteiger partial charge on any atom is 0.253 e. The highest BCUT2D eigenvalue weighted by atomic mass is 19.1. The van der Waals surface area contributed by atoms with Crippen LogP contribution in [0, 0.1) is 5.82 Å². The van der Waals surface area contributed by atoms with Gasteiger partial charge in [-0.15, -0.1) is 0 Å². The van der Waals surface area contributed by atoms with Crippen LogP contribution in [0.1, 0.15) is 28.9 Å². The van der Waals surface area contributed by atoms with Crippen LogP contribution in [0.2, 0.25) is 0 Å². The lowest BCUT2D eigenvalue weighted by Gasteiger charge is -2.14. The van der Waals surface area contributed by atoms with Crippen molar-refractivity contribution in [2.24, 2.45) is 0 Å². The molecule has 1 heterocycles. The standard InChI is InChI=1S/C14H14FN3O/c1-9(10-2-5-12(15)6-3-10)18-14(19)11-4-7-13(16)17-8-11/h2-9H,1H3,(H2,16,17)(H,18,19). The molecule has 2 aromatic rings. The molecule has 1 amide bonds. The highest BCUT2D eigenvalue weighted by Crippen LogP contribution is 2.13. The zero-order chi connectivity index (χ0) is 13.8. The average molecular weight is 259 g/mol. The van der Waals surface area contributed by atoms with Gasteiger partial charge in [-0.05, 0) is 36.8 Å². The monoisotopic (exact) mass is 259 g/mol. The predicted molar refractivity (Wildman–Crippen MR) is 70.9 cm³/mol. The first-order chi connectivity index (χ1) is 9.06. The molecule has 0 aliphatic rings. The van der Waals surface area contributed by atoms with Crippen molar-refractivity contribution in [1.82, 2.24) is 10.3 Å². The maximum atomic E-state index is 12.8. The van der Waals surface area contributed by atoms with Gasteiger partial charge in [-0.25, -0.2) is 9.37 Å². The number of nitrogens with zero attached hydrogens (tertiary/aromatic N) is 1. The zero-order valence-corrected chi connectivity index (χ0v) is 10.4. The van der Waals surface area contributed by atoms with Crippen molar-refractivity contribution in [3.05, 3.63) is 59.5 Å². The fourth-order valence-corrected chi connectivity index (χ4v) is 1.65. The first-order valence-corrected chi connectivity index (χ1v) is 5.84. The summed E-state index contributed by atoms with van der Waals surface area (Å²) in [7, 11) is 0. The molecule has 1 aromatic carbocycles. The molecule has 0 aliphatic heterocycles. The Kier molecular flexibility index (Phi) is 3.75. The summed E-state index contributed by atoms with van der Waals surface area (Å²) >= 11 is 0. The summed E-state index contributed by atoms with van der Waals surface area (Å²) in [6.45, 7) is 1.83. The number of carbonyl (C=O) groups excluding carboxylic acids is 1. The van der Waals surface area contributed by atoms with Crippen LogP contribution in [0.4, 0.5) is 10.2 Å². The SMILES string of the molecule is CC(NC(=O)c1ccc(N)nc1)c1ccc(F)cc1. The number of nitrogens with one attached hydrogen (secondary N) is 1. The summed E-state index contributed by atoms with van der Waals surface area (Å²) in [5.74, 6) is -0.183. The van der Waals surface area contributed by atoms with Crippen molar-refractivity contribution >= 4 is 11.7 Å². The number of pyridine rings is 1. The number of amides is 1. The van der Waals surface area contributed by atoms with Gasteiger partial charge in [0.1, 0.15) is 11.6 Å². The quantitative estimate of drug-likeness (QED) is 0.888. The Morgan fingerprint density at radius 3 is 2.53 bits per heavy atom. The minimum absolute atomic E-state index is 0.217. The van der Waals surface area contributed by atoms with E-state index in [1.54, 1.807) is 24.3 Å². The number of aromatic nitrogens is 1. The van der Waals surface area contributed by atoms with Gasteiger partial charge in [0.05, 0.1) is 11.6 Å². The van der Waals surface area contributed by atoms with Crippen LogP contribution >= 0.6 is 0 Å². The first-order valence-electron chi connectivity index (χ1n) is 5.84. The molecule has 0 aliphatic carbocycles. The van der Waals surface area contributed by atoms with Gasteiger partial charge < -0.3 is 11.1 Å². The third-order valence-corrected chi connectivity index (χ3v) is 2.77. The lowest BCUT2D eigenvalue weighted by atomic mass is 10.1. The minimum Gasteiger partial charge on any atom is -0.384 e.